The van der Waals surface area contributed by atoms with E-state index in [4.69, 9.17) is 0 Å². The van der Waals surface area contributed by atoms with Crippen molar-refractivity contribution in [2.75, 3.05) is 19.6 Å². The normalized spacial score (nSPS) is 16.7. The molecule has 5 heteroatoms. The van der Waals surface area contributed by atoms with Crippen LogP contribution in [0.1, 0.15) is 49.8 Å². The summed E-state index contributed by atoms with van der Waals surface area (Å²) in [5.74, 6) is 0.633. The van der Waals surface area contributed by atoms with Gasteiger partial charge in [-0.1, -0.05) is 37.6 Å². The lowest BCUT2D eigenvalue weighted by molar-refractivity contribution is 0.220. The third kappa shape index (κ3) is 4.44. The van der Waals surface area contributed by atoms with E-state index >= 15 is 0 Å². The van der Waals surface area contributed by atoms with E-state index in [0.29, 0.717) is 10.8 Å². The van der Waals surface area contributed by atoms with Crippen molar-refractivity contribution < 1.29 is 8.42 Å². The van der Waals surface area contributed by atoms with Gasteiger partial charge in [-0.15, -0.1) is 0 Å². The van der Waals surface area contributed by atoms with Crippen LogP contribution in [0.3, 0.4) is 0 Å². The minimum Gasteiger partial charge on any atom is -0.303 e. The van der Waals surface area contributed by atoms with Crippen LogP contribution in [0.25, 0.3) is 10.9 Å². The molecule has 0 aliphatic heterocycles. The highest BCUT2D eigenvalue weighted by Crippen LogP contribution is 2.34. The first-order valence-electron chi connectivity index (χ1n) is 11.6. The molecule has 4 nitrogen and oxygen atoms in total. The number of aryl methyl sites for hydroxylation is 2. The highest BCUT2D eigenvalue weighted by molar-refractivity contribution is 7.90. The van der Waals surface area contributed by atoms with Crippen LogP contribution in [0.2, 0.25) is 0 Å². The Morgan fingerprint density at radius 1 is 1.00 bits per heavy atom. The molecular formula is C26H34N2O2S. The van der Waals surface area contributed by atoms with E-state index in [9.17, 15) is 8.42 Å². The summed E-state index contributed by atoms with van der Waals surface area (Å²) >= 11 is 0. The number of rotatable bonds is 8. The number of hydrogen-bond donors (Lipinski definition) is 0. The van der Waals surface area contributed by atoms with Crippen molar-refractivity contribution in [2.24, 2.45) is 5.92 Å². The number of nitrogens with zero attached hydrogens (tertiary/aromatic N) is 2. The van der Waals surface area contributed by atoms with Crippen LogP contribution in [-0.2, 0) is 22.9 Å². The minimum atomic E-state index is -3.60. The molecule has 2 aromatic carbocycles. The lowest BCUT2D eigenvalue weighted by Gasteiger charge is -2.31. The van der Waals surface area contributed by atoms with Crippen molar-refractivity contribution >= 4 is 20.9 Å². The summed E-state index contributed by atoms with van der Waals surface area (Å²) in [4.78, 5) is 2.93. The Morgan fingerprint density at radius 3 is 2.39 bits per heavy atom. The number of benzene rings is 2. The van der Waals surface area contributed by atoms with Gasteiger partial charge in [-0.3, -0.25) is 0 Å². The van der Waals surface area contributed by atoms with Crippen LogP contribution in [0.4, 0.5) is 0 Å². The fraction of sp³-hybridized carbons (Fsp3) is 0.462. The summed E-state index contributed by atoms with van der Waals surface area (Å²) in [5.41, 5.74) is 4.57. The monoisotopic (exact) mass is 438 g/mol. The summed E-state index contributed by atoms with van der Waals surface area (Å²) in [6, 6.07) is 13.2. The molecular weight excluding hydrogens is 404 g/mol. The van der Waals surface area contributed by atoms with Gasteiger partial charge < -0.3 is 4.90 Å². The Balaban J connectivity index is 1.66. The van der Waals surface area contributed by atoms with Crippen LogP contribution < -0.4 is 0 Å². The van der Waals surface area contributed by atoms with Gasteiger partial charge in [0.1, 0.15) is 0 Å². The molecule has 3 aromatic rings. The molecule has 1 heterocycles. The quantitative estimate of drug-likeness (QED) is 0.472. The van der Waals surface area contributed by atoms with E-state index in [0.717, 1.165) is 48.9 Å². The molecule has 0 fully saturated rings. The maximum absolute atomic E-state index is 13.3. The van der Waals surface area contributed by atoms with Gasteiger partial charge in [-0.25, -0.2) is 12.4 Å². The molecule has 0 amide bonds. The van der Waals surface area contributed by atoms with E-state index < -0.39 is 10.0 Å². The van der Waals surface area contributed by atoms with Gasteiger partial charge in [-0.05, 0) is 93.4 Å². The molecule has 1 aliphatic carbocycles. The van der Waals surface area contributed by atoms with Gasteiger partial charge in [0.05, 0.1) is 10.4 Å². The molecule has 0 spiro atoms. The lowest BCUT2D eigenvalue weighted by Crippen LogP contribution is -2.33. The van der Waals surface area contributed by atoms with Crippen molar-refractivity contribution in [3.8, 4) is 0 Å². The van der Waals surface area contributed by atoms with Crippen molar-refractivity contribution in [3.05, 3.63) is 65.4 Å². The van der Waals surface area contributed by atoms with Gasteiger partial charge in [0.25, 0.3) is 10.0 Å². The molecule has 1 aliphatic rings. The number of hydrogen-bond acceptors (Lipinski definition) is 3. The number of aromatic nitrogens is 1. The Morgan fingerprint density at radius 2 is 1.71 bits per heavy atom. The Labute approximate surface area is 186 Å². The standard InChI is InChI=1S/C26H34N2O2S/c1-4-15-27(16-5-2)19-21-8-9-22-10-13-26-24(25(22)18-21)14-17-28(26)31(29,30)23-11-6-20(3)7-12-23/h6-7,10-14,17,21H,4-5,8-9,15-16,18-19H2,1-3H3. The Bertz CT molecular complexity index is 1140. The predicted octanol–water partition coefficient (Wildman–Crippen LogP) is 5.41. The molecule has 1 atom stereocenters. The minimum absolute atomic E-state index is 0.334. The van der Waals surface area contributed by atoms with E-state index in [-0.39, 0.29) is 0 Å². The molecule has 166 valence electrons. The zero-order valence-electron chi connectivity index (χ0n) is 19.0. The van der Waals surface area contributed by atoms with Crippen molar-refractivity contribution in [1.82, 2.24) is 8.87 Å². The fourth-order valence-corrected chi connectivity index (χ4v) is 6.35. The predicted molar refractivity (Wildman–Crippen MR) is 128 cm³/mol. The van der Waals surface area contributed by atoms with Gasteiger partial charge >= 0.3 is 0 Å². The summed E-state index contributed by atoms with van der Waals surface area (Å²) in [5, 5.41) is 1.09. The van der Waals surface area contributed by atoms with Crippen molar-refractivity contribution in [1.29, 1.82) is 0 Å². The van der Waals surface area contributed by atoms with Crippen LogP contribution in [-0.4, -0.2) is 36.9 Å². The van der Waals surface area contributed by atoms with Crippen LogP contribution in [0, 0.1) is 12.8 Å². The summed E-state index contributed by atoms with van der Waals surface area (Å²) < 4.78 is 28.1. The average Bonchev–Trinajstić information content (AvgIpc) is 3.20. The molecule has 0 saturated heterocycles. The molecule has 0 saturated carbocycles. The van der Waals surface area contributed by atoms with Crippen LogP contribution >= 0.6 is 0 Å². The van der Waals surface area contributed by atoms with Crippen LogP contribution in [0.5, 0.6) is 0 Å². The Kier molecular flexibility index (Phi) is 6.54. The van der Waals surface area contributed by atoms with E-state index in [1.807, 2.05) is 31.2 Å². The molecule has 0 bridgehead atoms. The highest BCUT2D eigenvalue weighted by Gasteiger charge is 2.25. The molecule has 0 radical (unpaired) electrons. The SMILES string of the molecule is CCCN(CCC)CC1CCc2ccc3c(ccn3S(=O)(=O)c3ccc(C)cc3)c2C1. The smallest absolute Gasteiger partial charge is 0.268 e. The summed E-state index contributed by atoms with van der Waals surface area (Å²) in [7, 11) is -3.60. The van der Waals surface area contributed by atoms with E-state index in [1.54, 1.807) is 18.3 Å². The summed E-state index contributed by atoms with van der Waals surface area (Å²) in [6.07, 6.45) is 7.43. The van der Waals surface area contributed by atoms with E-state index in [2.05, 4.69) is 24.8 Å². The maximum atomic E-state index is 13.3. The molecule has 4 rings (SSSR count). The third-order valence-corrected chi connectivity index (χ3v) is 8.24. The van der Waals surface area contributed by atoms with Gasteiger partial charge in [-0.2, -0.15) is 0 Å². The first kappa shape index (κ1) is 22.1. The second kappa shape index (κ2) is 9.17. The second-order valence-electron chi connectivity index (χ2n) is 8.98. The fourth-order valence-electron chi connectivity index (χ4n) is 5.01. The Hall–Kier alpha value is -2.11. The largest absolute Gasteiger partial charge is 0.303 e. The third-order valence-electron chi connectivity index (χ3n) is 6.53. The summed E-state index contributed by atoms with van der Waals surface area (Å²) in [6.45, 7) is 9.92. The van der Waals surface area contributed by atoms with E-state index in [1.165, 1.54) is 34.4 Å². The van der Waals surface area contributed by atoms with Gasteiger partial charge in [0.15, 0.2) is 0 Å². The second-order valence-corrected chi connectivity index (χ2v) is 10.8. The lowest BCUT2D eigenvalue weighted by atomic mass is 9.82. The first-order valence-corrected chi connectivity index (χ1v) is 13.0. The first-order chi connectivity index (χ1) is 14.9. The average molecular weight is 439 g/mol. The zero-order chi connectivity index (χ0) is 22.0. The van der Waals surface area contributed by atoms with Gasteiger partial charge in [0, 0.05) is 18.1 Å². The molecule has 31 heavy (non-hydrogen) atoms. The molecule has 1 unspecified atom stereocenters. The van der Waals surface area contributed by atoms with Crippen LogP contribution in [0.15, 0.2) is 53.6 Å². The topological polar surface area (TPSA) is 42.3 Å². The van der Waals surface area contributed by atoms with Crippen molar-refractivity contribution in [3.63, 3.8) is 0 Å². The molecule has 1 aromatic heterocycles. The highest BCUT2D eigenvalue weighted by atomic mass is 32.2. The van der Waals surface area contributed by atoms with Crippen molar-refractivity contribution in [2.45, 2.75) is 57.8 Å². The van der Waals surface area contributed by atoms with Gasteiger partial charge in [0.2, 0.25) is 0 Å². The number of fused-ring (bicyclic) bond motifs is 3. The zero-order valence-corrected chi connectivity index (χ0v) is 19.8. The maximum Gasteiger partial charge on any atom is 0.268 e. The molecule has 0 N–H and O–H groups in total.